The molecular weight excluding hydrogens is 390 g/mol. The molecule has 4 nitrogen and oxygen atoms in total. The van der Waals surface area contributed by atoms with Gasteiger partial charge in [0.15, 0.2) is 9.89 Å². The lowest BCUT2D eigenvalue weighted by molar-refractivity contribution is 0.483. The summed E-state index contributed by atoms with van der Waals surface area (Å²) in [4.78, 5) is 8.69. The summed E-state index contributed by atoms with van der Waals surface area (Å²) < 4.78 is 8.35. The van der Waals surface area contributed by atoms with E-state index in [1.165, 1.54) is 0 Å². The second kappa shape index (κ2) is 6.26. The predicted molar refractivity (Wildman–Crippen MR) is 97.6 cm³/mol. The number of para-hydroxylation sites is 1. The summed E-state index contributed by atoms with van der Waals surface area (Å²) >= 11 is 9.70. The summed E-state index contributed by atoms with van der Waals surface area (Å²) in [6.07, 6.45) is 3.46. The molecule has 0 atom stereocenters. The van der Waals surface area contributed by atoms with Crippen molar-refractivity contribution in [1.82, 2.24) is 14.4 Å². The molecule has 2 aromatic heterocycles. The number of nitrogens with zero attached hydrogens (tertiary/aromatic N) is 3. The molecule has 0 fully saturated rings. The lowest BCUT2D eigenvalue weighted by Crippen LogP contribution is -1.88. The van der Waals surface area contributed by atoms with Crippen LogP contribution in [0.1, 0.15) is 0 Å². The summed E-state index contributed by atoms with van der Waals surface area (Å²) in [5.41, 5.74) is 2.47. The molecule has 0 unspecified atom stereocenters. The summed E-state index contributed by atoms with van der Waals surface area (Å²) in [5.74, 6) is 1.56. The van der Waals surface area contributed by atoms with E-state index in [9.17, 15) is 0 Å². The van der Waals surface area contributed by atoms with Gasteiger partial charge >= 0.3 is 0 Å². The van der Waals surface area contributed by atoms with E-state index in [0.29, 0.717) is 9.89 Å². The monoisotopic (exact) mass is 399 g/mol. The van der Waals surface area contributed by atoms with Gasteiger partial charge in [0, 0.05) is 18.0 Å². The number of imidazole rings is 1. The second-order valence-electron chi connectivity index (χ2n) is 5.11. The minimum Gasteiger partial charge on any atom is -0.457 e. The van der Waals surface area contributed by atoms with E-state index in [0.717, 1.165) is 28.3 Å². The first-order valence-corrected chi connectivity index (χ1v) is 8.41. The topological polar surface area (TPSA) is 39.4 Å². The summed E-state index contributed by atoms with van der Waals surface area (Å²) in [6, 6.07) is 17.4. The Balaban J connectivity index is 1.71. The van der Waals surface area contributed by atoms with Crippen LogP contribution in [-0.4, -0.2) is 14.4 Å². The molecule has 0 N–H and O–H groups in total. The van der Waals surface area contributed by atoms with Gasteiger partial charge in [-0.15, -0.1) is 0 Å². The quantitative estimate of drug-likeness (QED) is 0.449. The number of hydrogen-bond donors (Lipinski definition) is 0. The summed E-state index contributed by atoms with van der Waals surface area (Å²) in [6.45, 7) is 0. The third-order valence-electron chi connectivity index (χ3n) is 3.57. The molecule has 0 aliphatic carbocycles. The highest BCUT2D eigenvalue weighted by Gasteiger charge is 2.14. The molecule has 2 aromatic carbocycles. The van der Waals surface area contributed by atoms with Gasteiger partial charge in [0.05, 0.1) is 0 Å². The molecule has 0 aliphatic rings. The Kier molecular flexibility index (Phi) is 3.96. The highest BCUT2D eigenvalue weighted by atomic mass is 79.9. The van der Waals surface area contributed by atoms with Crippen molar-refractivity contribution in [1.29, 1.82) is 0 Å². The Morgan fingerprint density at radius 1 is 0.958 bits per heavy atom. The lowest BCUT2D eigenvalue weighted by Gasteiger charge is -2.06. The van der Waals surface area contributed by atoms with Crippen molar-refractivity contribution >= 4 is 33.0 Å². The van der Waals surface area contributed by atoms with Gasteiger partial charge in [0.25, 0.3) is 0 Å². The molecule has 4 aromatic rings. The number of hydrogen-bond acceptors (Lipinski definition) is 3. The van der Waals surface area contributed by atoms with Gasteiger partial charge in [-0.3, -0.25) is 4.40 Å². The first kappa shape index (κ1) is 15.2. The maximum atomic E-state index is 6.25. The van der Waals surface area contributed by atoms with Crippen molar-refractivity contribution in [2.75, 3.05) is 0 Å². The van der Waals surface area contributed by atoms with E-state index in [1.807, 2.05) is 65.2 Å². The minimum atomic E-state index is 0.412. The second-order valence-corrected chi connectivity index (χ2v) is 6.17. The number of fused-ring (bicyclic) bond motifs is 1. The molecule has 24 heavy (non-hydrogen) atoms. The van der Waals surface area contributed by atoms with Gasteiger partial charge in [-0.05, 0) is 52.3 Å². The molecule has 0 amide bonds. The van der Waals surface area contributed by atoms with Crippen LogP contribution < -0.4 is 4.74 Å². The van der Waals surface area contributed by atoms with Crippen LogP contribution in [0.2, 0.25) is 5.15 Å². The normalized spacial score (nSPS) is 10.9. The third-order valence-corrected chi connectivity index (χ3v) is 4.41. The molecule has 0 bridgehead atoms. The fraction of sp³-hybridized carbons (Fsp3) is 0. The molecule has 0 saturated heterocycles. The van der Waals surface area contributed by atoms with E-state index >= 15 is 0 Å². The van der Waals surface area contributed by atoms with Crippen LogP contribution >= 0.6 is 27.5 Å². The molecule has 4 rings (SSSR count). The first-order valence-electron chi connectivity index (χ1n) is 7.24. The molecule has 118 valence electrons. The standard InChI is InChI=1S/C18H11BrClN3O/c19-18-22-15(16-17(20)21-10-11-23(16)18)12-6-8-14(9-7-12)24-13-4-2-1-3-5-13/h1-11H. The smallest absolute Gasteiger partial charge is 0.182 e. The highest BCUT2D eigenvalue weighted by molar-refractivity contribution is 9.10. The number of benzene rings is 2. The van der Waals surface area contributed by atoms with Crippen LogP contribution in [0.5, 0.6) is 11.5 Å². The predicted octanol–water partition coefficient (Wildman–Crippen LogP) is 5.60. The zero-order valence-electron chi connectivity index (χ0n) is 12.4. The summed E-state index contributed by atoms with van der Waals surface area (Å²) in [7, 11) is 0. The van der Waals surface area contributed by atoms with Crippen LogP contribution in [0.3, 0.4) is 0 Å². The largest absolute Gasteiger partial charge is 0.457 e. The zero-order chi connectivity index (χ0) is 16.5. The van der Waals surface area contributed by atoms with Crippen LogP contribution in [0.25, 0.3) is 16.8 Å². The highest BCUT2D eigenvalue weighted by Crippen LogP contribution is 2.32. The number of rotatable bonds is 3. The van der Waals surface area contributed by atoms with Crippen LogP contribution in [-0.2, 0) is 0 Å². The van der Waals surface area contributed by atoms with Crippen molar-refractivity contribution in [2.45, 2.75) is 0 Å². The first-order chi connectivity index (χ1) is 11.7. The van der Waals surface area contributed by atoms with Gasteiger partial charge in [0.1, 0.15) is 22.7 Å². The number of halogens is 2. The van der Waals surface area contributed by atoms with Crippen molar-refractivity contribution < 1.29 is 4.74 Å². The van der Waals surface area contributed by atoms with Crippen LogP contribution in [0.15, 0.2) is 71.7 Å². The van der Waals surface area contributed by atoms with Gasteiger partial charge < -0.3 is 4.74 Å². The van der Waals surface area contributed by atoms with E-state index < -0.39 is 0 Å². The van der Waals surface area contributed by atoms with E-state index in [4.69, 9.17) is 16.3 Å². The van der Waals surface area contributed by atoms with Gasteiger partial charge in [-0.2, -0.15) is 0 Å². The van der Waals surface area contributed by atoms with Gasteiger partial charge in [0.2, 0.25) is 0 Å². The van der Waals surface area contributed by atoms with E-state index in [2.05, 4.69) is 25.9 Å². The summed E-state index contributed by atoms with van der Waals surface area (Å²) in [5, 5.41) is 0.412. The third kappa shape index (κ3) is 2.77. The van der Waals surface area contributed by atoms with Crippen molar-refractivity contribution in [3.8, 4) is 22.8 Å². The van der Waals surface area contributed by atoms with Crippen molar-refractivity contribution in [3.63, 3.8) is 0 Å². The van der Waals surface area contributed by atoms with Gasteiger partial charge in [-0.25, -0.2) is 9.97 Å². The fourth-order valence-corrected chi connectivity index (χ4v) is 3.18. The maximum absolute atomic E-state index is 6.25. The van der Waals surface area contributed by atoms with Crippen LogP contribution in [0, 0.1) is 0 Å². The maximum Gasteiger partial charge on any atom is 0.182 e. The molecular formula is C18H11BrClN3O. The van der Waals surface area contributed by atoms with E-state index in [1.54, 1.807) is 6.20 Å². The Morgan fingerprint density at radius 3 is 2.42 bits per heavy atom. The molecule has 2 heterocycles. The number of aromatic nitrogens is 3. The van der Waals surface area contributed by atoms with E-state index in [-0.39, 0.29) is 0 Å². The number of ether oxygens (including phenoxy) is 1. The Labute approximate surface area is 151 Å². The average Bonchev–Trinajstić information content (AvgIpc) is 2.95. The Morgan fingerprint density at radius 2 is 1.67 bits per heavy atom. The van der Waals surface area contributed by atoms with Crippen molar-refractivity contribution in [2.24, 2.45) is 0 Å². The van der Waals surface area contributed by atoms with Crippen LogP contribution in [0.4, 0.5) is 0 Å². The zero-order valence-corrected chi connectivity index (χ0v) is 14.7. The average molecular weight is 401 g/mol. The Hall–Kier alpha value is -2.37. The van der Waals surface area contributed by atoms with Crippen molar-refractivity contribution in [3.05, 3.63) is 76.9 Å². The minimum absolute atomic E-state index is 0.412. The SMILES string of the molecule is Clc1nccn2c(Br)nc(-c3ccc(Oc4ccccc4)cc3)c12. The molecule has 0 spiro atoms. The Bertz CT molecular complexity index is 1000. The molecule has 0 radical (unpaired) electrons. The van der Waals surface area contributed by atoms with Gasteiger partial charge in [-0.1, -0.05) is 29.8 Å². The molecule has 6 heteroatoms. The molecule has 0 saturated carbocycles. The molecule has 0 aliphatic heterocycles. The lowest BCUT2D eigenvalue weighted by atomic mass is 10.1. The fourth-order valence-electron chi connectivity index (χ4n) is 2.47.